The largest absolute Gasteiger partial charge is 0.260 e. The van der Waals surface area contributed by atoms with Crippen molar-refractivity contribution in [1.82, 2.24) is 5.01 Å². The minimum Gasteiger partial charge on any atom is -0.260 e. The van der Waals surface area contributed by atoms with Crippen molar-refractivity contribution in [2.45, 2.75) is 12.5 Å². The summed E-state index contributed by atoms with van der Waals surface area (Å²) >= 11 is 0. The maximum atomic E-state index is 10.9. The highest BCUT2D eigenvalue weighted by Gasteiger charge is 2.30. The van der Waals surface area contributed by atoms with E-state index >= 15 is 0 Å². The van der Waals surface area contributed by atoms with Crippen LogP contribution in [-0.2, 0) is 9.84 Å². The predicted octanol–water partition coefficient (Wildman–Crippen LogP) is -0.213. The first kappa shape index (κ1) is 8.45. The molecule has 6 heteroatoms. The Hall–Kier alpha value is -0.650. The molecule has 0 radical (unpaired) electrons. The summed E-state index contributed by atoms with van der Waals surface area (Å²) in [6, 6.07) is -0.211. The molecule has 0 aromatic carbocycles. The summed E-state index contributed by atoms with van der Waals surface area (Å²) in [6.07, 6.45) is 0.518. The van der Waals surface area contributed by atoms with E-state index in [4.69, 9.17) is 0 Å². The van der Waals surface area contributed by atoms with Crippen LogP contribution in [0.2, 0.25) is 0 Å². The Morgan fingerprint density at radius 1 is 1.55 bits per heavy atom. The van der Waals surface area contributed by atoms with Crippen LogP contribution in [0, 0.1) is 4.91 Å². The number of nitroso groups, excluding NO2 is 1. The third kappa shape index (κ3) is 1.89. The molecule has 0 aliphatic carbocycles. The van der Waals surface area contributed by atoms with Crippen LogP contribution in [0.25, 0.3) is 0 Å². The van der Waals surface area contributed by atoms with Crippen LogP contribution in [0.1, 0.15) is 6.42 Å². The number of hydrogen-bond acceptors (Lipinski definition) is 4. The third-order valence-corrected chi connectivity index (χ3v) is 3.62. The molecule has 1 saturated heterocycles. The summed E-state index contributed by atoms with van der Waals surface area (Å²) < 4.78 is 21.8. The van der Waals surface area contributed by atoms with Gasteiger partial charge in [-0.3, -0.25) is 5.01 Å². The summed E-state index contributed by atoms with van der Waals surface area (Å²) in [5.41, 5.74) is 0. The van der Waals surface area contributed by atoms with Crippen molar-refractivity contribution < 1.29 is 8.42 Å². The minimum atomic E-state index is -2.89. The Morgan fingerprint density at radius 2 is 2.18 bits per heavy atom. The fraction of sp³-hybridized carbons (Fsp3) is 1.00. The molecule has 1 heterocycles. The molecule has 0 aromatic heterocycles. The Labute approximate surface area is 65.2 Å². The standard InChI is InChI=1S/C5H10N2O3S/c1-7(6-8)5-2-3-11(9,10)4-5/h5H,2-4H2,1H3. The molecular weight excluding hydrogens is 168 g/mol. The van der Waals surface area contributed by atoms with Gasteiger partial charge in [-0.05, 0) is 6.42 Å². The van der Waals surface area contributed by atoms with Gasteiger partial charge in [-0.25, -0.2) is 8.42 Å². The molecule has 0 amide bonds. The lowest BCUT2D eigenvalue weighted by Gasteiger charge is -2.14. The van der Waals surface area contributed by atoms with Gasteiger partial charge >= 0.3 is 0 Å². The average Bonchev–Trinajstić information content (AvgIpc) is 2.29. The van der Waals surface area contributed by atoms with Gasteiger partial charge in [0.15, 0.2) is 9.84 Å². The third-order valence-electron chi connectivity index (χ3n) is 1.87. The van der Waals surface area contributed by atoms with E-state index in [1.807, 2.05) is 0 Å². The molecule has 1 rings (SSSR count). The molecule has 64 valence electrons. The summed E-state index contributed by atoms with van der Waals surface area (Å²) in [6.45, 7) is 0. The van der Waals surface area contributed by atoms with Gasteiger partial charge in [0.05, 0.1) is 22.8 Å². The Balaban J connectivity index is 2.61. The summed E-state index contributed by atoms with van der Waals surface area (Å²) in [5.74, 6) is 0.243. The van der Waals surface area contributed by atoms with E-state index in [1.165, 1.54) is 12.1 Å². The molecule has 0 N–H and O–H groups in total. The Morgan fingerprint density at radius 3 is 2.55 bits per heavy atom. The lowest BCUT2D eigenvalue weighted by Crippen LogP contribution is -2.27. The topological polar surface area (TPSA) is 66.8 Å². The Kier molecular flexibility index (Phi) is 2.12. The second kappa shape index (κ2) is 2.77. The van der Waals surface area contributed by atoms with Gasteiger partial charge in [-0.1, -0.05) is 0 Å². The van der Waals surface area contributed by atoms with E-state index < -0.39 is 9.84 Å². The van der Waals surface area contributed by atoms with Gasteiger partial charge in [0.2, 0.25) is 0 Å². The number of hydrogen-bond donors (Lipinski definition) is 0. The predicted molar refractivity (Wildman–Crippen MR) is 40.6 cm³/mol. The fourth-order valence-electron chi connectivity index (χ4n) is 1.14. The first-order valence-corrected chi connectivity index (χ1v) is 5.14. The zero-order valence-corrected chi connectivity index (χ0v) is 7.04. The van der Waals surface area contributed by atoms with Crippen molar-refractivity contribution >= 4 is 9.84 Å². The van der Waals surface area contributed by atoms with Gasteiger partial charge in [-0.15, -0.1) is 4.91 Å². The quantitative estimate of drug-likeness (QED) is 0.433. The van der Waals surface area contributed by atoms with Crippen LogP contribution < -0.4 is 0 Å². The fourth-order valence-corrected chi connectivity index (χ4v) is 2.90. The smallest absolute Gasteiger partial charge is 0.152 e. The highest BCUT2D eigenvalue weighted by Crippen LogP contribution is 2.15. The summed E-state index contributed by atoms with van der Waals surface area (Å²) in [5, 5.41) is 3.83. The zero-order chi connectivity index (χ0) is 8.48. The second-order valence-electron chi connectivity index (χ2n) is 2.71. The van der Waals surface area contributed by atoms with Crippen molar-refractivity contribution in [3.63, 3.8) is 0 Å². The van der Waals surface area contributed by atoms with Crippen molar-refractivity contribution in [2.75, 3.05) is 18.6 Å². The first-order valence-electron chi connectivity index (χ1n) is 3.32. The Bertz CT molecular complexity index is 248. The SMILES string of the molecule is CN(N=O)C1CCS(=O)(=O)C1. The van der Waals surface area contributed by atoms with Crippen LogP contribution in [0.5, 0.6) is 0 Å². The molecular formula is C5H10N2O3S. The number of rotatable bonds is 2. The van der Waals surface area contributed by atoms with Crippen LogP contribution >= 0.6 is 0 Å². The van der Waals surface area contributed by atoms with E-state index in [2.05, 4.69) is 5.29 Å². The van der Waals surface area contributed by atoms with E-state index in [-0.39, 0.29) is 17.5 Å². The molecule has 1 unspecified atom stereocenters. The van der Waals surface area contributed by atoms with E-state index in [0.717, 1.165) is 0 Å². The first-order chi connectivity index (χ1) is 5.05. The minimum absolute atomic E-state index is 0.0647. The molecule has 0 spiro atoms. The average molecular weight is 178 g/mol. The summed E-state index contributed by atoms with van der Waals surface area (Å²) in [7, 11) is -1.39. The van der Waals surface area contributed by atoms with Gasteiger partial charge in [-0.2, -0.15) is 0 Å². The van der Waals surface area contributed by atoms with Crippen LogP contribution in [0.15, 0.2) is 5.29 Å². The lowest BCUT2D eigenvalue weighted by molar-refractivity contribution is 0.271. The van der Waals surface area contributed by atoms with Crippen LogP contribution in [-0.4, -0.2) is 38.0 Å². The normalized spacial score (nSPS) is 28.3. The van der Waals surface area contributed by atoms with Crippen molar-refractivity contribution in [3.05, 3.63) is 4.91 Å². The molecule has 11 heavy (non-hydrogen) atoms. The zero-order valence-electron chi connectivity index (χ0n) is 6.23. The molecule has 0 bridgehead atoms. The maximum absolute atomic E-state index is 10.9. The molecule has 0 aromatic rings. The summed E-state index contributed by atoms with van der Waals surface area (Å²) in [4.78, 5) is 9.98. The molecule has 0 saturated carbocycles. The van der Waals surface area contributed by atoms with Gasteiger partial charge in [0.25, 0.3) is 0 Å². The van der Waals surface area contributed by atoms with E-state index in [1.54, 1.807) is 0 Å². The monoisotopic (exact) mass is 178 g/mol. The van der Waals surface area contributed by atoms with Crippen LogP contribution in [0.4, 0.5) is 0 Å². The molecule has 1 aliphatic rings. The van der Waals surface area contributed by atoms with Crippen molar-refractivity contribution in [2.24, 2.45) is 5.29 Å². The van der Waals surface area contributed by atoms with Gasteiger partial charge in [0.1, 0.15) is 0 Å². The van der Waals surface area contributed by atoms with Crippen molar-refractivity contribution in [3.8, 4) is 0 Å². The van der Waals surface area contributed by atoms with Gasteiger partial charge < -0.3 is 0 Å². The molecule has 1 atom stereocenters. The van der Waals surface area contributed by atoms with E-state index in [9.17, 15) is 13.3 Å². The van der Waals surface area contributed by atoms with Crippen molar-refractivity contribution in [1.29, 1.82) is 0 Å². The molecule has 1 fully saturated rings. The number of sulfone groups is 1. The maximum Gasteiger partial charge on any atom is 0.152 e. The van der Waals surface area contributed by atoms with Crippen LogP contribution in [0.3, 0.4) is 0 Å². The van der Waals surface area contributed by atoms with Gasteiger partial charge in [0, 0.05) is 7.05 Å². The highest BCUT2D eigenvalue weighted by atomic mass is 32.2. The second-order valence-corrected chi connectivity index (χ2v) is 4.94. The number of nitrogens with zero attached hydrogens (tertiary/aromatic N) is 2. The van der Waals surface area contributed by atoms with E-state index in [0.29, 0.717) is 6.42 Å². The molecule has 5 nitrogen and oxygen atoms in total. The highest BCUT2D eigenvalue weighted by molar-refractivity contribution is 7.91. The lowest BCUT2D eigenvalue weighted by atomic mass is 10.3. The molecule has 1 aliphatic heterocycles.